The van der Waals surface area contributed by atoms with Gasteiger partial charge in [0, 0.05) is 9.79 Å². The molecule has 0 radical (unpaired) electrons. The van der Waals surface area contributed by atoms with Crippen LogP contribution in [0.5, 0.6) is 23.0 Å². The van der Waals surface area contributed by atoms with Gasteiger partial charge in [-0.1, -0.05) is 11.8 Å². The van der Waals surface area contributed by atoms with Gasteiger partial charge in [0.05, 0.1) is 22.3 Å². The normalized spacial score (nSPS) is 9.71. The monoisotopic (exact) mass is 470 g/mol. The highest BCUT2D eigenvalue weighted by atomic mass is 32.2. The van der Waals surface area contributed by atoms with Gasteiger partial charge in [-0.05, 0) is 84.9 Å². The summed E-state index contributed by atoms with van der Waals surface area (Å²) < 4.78 is 11.6. The third kappa shape index (κ3) is 5.59. The zero-order chi connectivity index (χ0) is 24.6. The number of hydrogen-bond donors (Lipinski definition) is 0. The Hall–Kier alpha value is -5.21. The molecule has 0 fully saturated rings. The highest BCUT2D eigenvalue weighted by Gasteiger charge is 2.07. The van der Waals surface area contributed by atoms with Crippen molar-refractivity contribution in [2.45, 2.75) is 9.79 Å². The van der Waals surface area contributed by atoms with Crippen molar-refractivity contribution in [3.63, 3.8) is 0 Å². The van der Waals surface area contributed by atoms with Crippen LogP contribution in [0.25, 0.3) is 0 Å². The molecule has 0 bridgehead atoms. The summed E-state index contributed by atoms with van der Waals surface area (Å²) in [6.07, 6.45) is 0. The van der Waals surface area contributed by atoms with Gasteiger partial charge in [0.25, 0.3) is 0 Å². The lowest BCUT2D eigenvalue weighted by molar-refractivity contribution is 0.482. The fourth-order valence-corrected chi connectivity index (χ4v) is 3.93. The molecule has 0 saturated heterocycles. The topological polar surface area (TPSA) is 114 Å². The zero-order valence-corrected chi connectivity index (χ0v) is 18.9. The van der Waals surface area contributed by atoms with Gasteiger partial charge in [-0.25, -0.2) is 0 Å². The third-order valence-electron chi connectivity index (χ3n) is 4.82. The summed E-state index contributed by atoms with van der Waals surface area (Å²) >= 11 is 1.57. The number of nitriles is 4. The van der Waals surface area contributed by atoms with E-state index in [0.29, 0.717) is 34.1 Å². The zero-order valence-electron chi connectivity index (χ0n) is 18.1. The second kappa shape index (κ2) is 10.6. The van der Waals surface area contributed by atoms with E-state index in [2.05, 4.69) is 0 Å². The fourth-order valence-electron chi connectivity index (χ4n) is 3.11. The minimum absolute atomic E-state index is 0.272. The van der Waals surface area contributed by atoms with E-state index in [-0.39, 0.29) is 11.1 Å². The second-order valence-electron chi connectivity index (χ2n) is 7.11. The molecule has 6 nitrogen and oxygen atoms in total. The first-order valence-corrected chi connectivity index (χ1v) is 11.1. The molecule has 4 aromatic carbocycles. The van der Waals surface area contributed by atoms with E-state index in [4.69, 9.17) is 30.5 Å². The molecule has 0 aliphatic carbocycles. The Kier molecular flexibility index (Phi) is 6.96. The van der Waals surface area contributed by atoms with Gasteiger partial charge in [0.2, 0.25) is 0 Å². The van der Waals surface area contributed by atoms with E-state index in [0.717, 1.165) is 9.79 Å². The first kappa shape index (κ1) is 23.0. The average molecular weight is 471 g/mol. The maximum absolute atomic E-state index is 9.16. The van der Waals surface area contributed by atoms with Crippen molar-refractivity contribution in [2.24, 2.45) is 0 Å². The van der Waals surface area contributed by atoms with Crippen LogP contribution in [0.15, 0.2) is 94.7 Å². The Morgan fingerprint density at radius 3 is 1.11 bits per heavy atom. The van der Waals surface area contributed by atoms with Gasteiger partial charge >= 0.3 is 0 Å². The van der Waals surface area contributed by atoms with Crippen molar-refractivity contribution in [3.05, 3.63) is 107 Å². The van der Waals surface area contributed by atoms with Gasteiger partial charge in [-0.2, -0.15) is 21.0 Å². The number of hydrogen-bond acceptors (Lipinski definition) is 7. The SMILES string of the molecule is N#Cc1ccc(Oc2ccc(Sc3ccc(Oc4ccc(C#N)c(C#N)c4)cc3)cc2)cc1C#N. The van der Waals surface area contributed by atoms with Crippen molar-refractivity contribution in [1.82, 2.24) is 0 Å². The second-order valence-corrected chi connectivity index (χ2v) is 8.26. The summed E-state index contributed by atoms with van der Waals surface area (Å²) in [5.74, 6) is 2.21. The van der Waals surface area contributed by atoms with Crippen LogP contribution in [0.3, 0.4) is 0 Å². The molecule has 4 aromatic rings. The van der Waals surface area contributed by atoms with Crippen LogP contribution in [0, 0.1) is 45.3 Å². The predicted octanol–water partition coefficient (Wildman–Crippen LogP) is 6.91. The van der Waals surface area contributed by atoms with Crippen LogP contribution in [0.1, 0.15) is 22.3 Å². The van der Waals surface area contributed by atoms with Gasteiger partial charge in [-0.15, -0.1) is 0 Å². The summed E-state index contributed by atoms with van der Waals surface area (Å²) in [7, 11) is 0. The highest BCUT2D eigenvalue weighted by molar-refractivity contribution is 7.99. The van der Waals surface area contributed by atoms with E-state index in [1.807, 2.05) is 72.8 Å². The summed E-state index contributed by atoms with van der Waals surface area (Å²) in [6, 6.07) is 32.6. The lowest BCUT2D eigenvalue weighted by atomic mass is 10.1. The summed E-state index contributed by atoms with van der Waals surface area (Å²) in [5.41, 5.74) is 1.17. The van der Waals surface area contributed by atoms with E-state index in [1.165, 1.54) is 0 Å². The van der Waals surface area contributed by atoms with Crippen molar-refractivity contribution < 1.29 is 9.47 Å². The van der Waals surface area contributed by atoms with Gasteiger partial charge in [0.15, 0.2) is 0 Å². The summed E-state index contributed by atoms with van der Waals surface area (Å²) in [6.45, 7) is 0. The number of nitrogens with zero attached hydrogens (tertiary/aromatic N) is 4. The average Bonchev–Trinajstić information content (AvgIpc) is 2.90. The number of benzene rings is 4. The molecule has 0 spiro atoms. The van der Waals surface area contributed by atoms with E-state index >= 15 is 0 Å². The summed E-state index contributed by atoms with van der Waals surface area (Å²) in [5, 5.41) is 36.4. The van der Waals surface area contributed by atoms with Crippen molar-refractivity contribution in [1.29, 1.82) is 21.0 Å². The molecule has 0 N–H and O–H groups in total. The lowest BCUT2D eigenvalue weighted by Gasteiger charge is -2.09. The lowest BCUT2D eigenvalue weighted by Crippen LogP contribution is -1.88. The van der Waals surface area contributed by atoms with E-state index in [9.17, 15) is 0 Å². The molecule has 164 valence electrons. The molecule has 0 atom stereocenters. The van der Waals surface area contributed by atoms with Crippen LogP contribution >= 0.6 is 11.8 Å². The maximum Gasteiger partial charge on any atom is 0.128 e. The molecule has 0 aromatic heterocycles. The maximum atomic E-state index is 9.16. The van der Waals surface area contributed by atoms with Gasteiger partial charge in [-0.3, -0.25) is 0 Å². The van der Waals surface area contributed by atoms with Crippen molar-refractivity contribution >= 4 is 11.8 Å². The van der Waals surface area contributed by atoms with Crippen LogP contribution in [0.2, 0.25) is 0 Å². The van der Waals surface area contributed by atoms with Crippen LogP contribution in [-0.2, 0) is 0 Å². The highest BCUT2D eigenvalue weighted by Crippen LogP contribution is 2.32. The summed E-state index contributed by atoms with van der Waals surface area (Å²) in [4.78, 5) is 2.02. The molecule has 4 rings (SSSR count). The van der Waals surface area contributed by atoms with Gasteiger partial charge in [0.1, 0.15) is 47.3 Å². The molecule has 0 heterocycles. The molecule has 7 heteroatoms. The molecule has 0 amide bonds. The number of rotatable bonds is 6. The van der Waals surface area contributed by atoms with Crippen LogP contribution in [0.4, 0.5) is 0 Å². The Morgan fingerprint density at radius 1 is 0.429 bits per heavy atom. The molecular weight excluding hydrogens is 456 g/mol. The van der Waals surface area contributed by atoms with Crippen molar-refractivity contribution in [2.75, 3.05) is 0 Å². The fraction of sp³-hybridized carbons (Fsp3) is 0. The van der Waals surface area contributed by atoms with E-state index in [1.54, 1.807) is 48.2 Å². The Labute approximate surface area is 206 Å². The Balaban J connectivity index is 1.39. The first-order valence-electron chi connectivity index (χ1n) is 10.2. The van der Waals surface area contributed by atoms with Gasteiger partial charge < -0.3 is 9.47 Å². The Morgan fingerprint density at radius 2 is 0.771 bits per heavy atom. The number of ether oxygens (including phenoxy) is 2. The van der Waals surface area contributed by atoms with E-state index < -0.39 is 0 Å². The van der Waals surface area contributed by atoms with Crippen molar-refractivity contribution in [3.8, 4) is 47.3 Å². The standard InChI is InChI=1S/C28H14N4O2S/c29-15-19-1-3-25(13-21(19)17-31)33-23-5-9-27(10-6-23)35-28-11-7-24(8-12-28)34-26-4-2-20(16-30)22(14-26)18-32/h1-14H. The molecule has 0 unspecified atom stereocenters. The molecule has 0 saturated carbocycles. The smallest absolute Gasteiger partial charge is 0.128 e. The molecular formula is C28H14N4O2S. The molecule has 0 aliphatic rings. The third-order valence-corrected chi connectivity index (χ3v) is 5.83. The largest absolute Gasteiger partial charge is 0.457 e. The predicted molar refractivity (Wildman–Crippen MR) is 129 cm³/mol. The minimum Gasteiger partial charge on any atom is -0.457 e. The molecule has 0 aliphatic heterocycles. The quantitative estimate of drug-likeness (QED) is 0.301. The minimum atomic E-state index is 0.272. The first-order chi connectivity index (χ1) is 17.1. The van der Waals surface area contributed by atoms with Crippen LogP contribution < -0.4 is 9.47 Å². The molecule has 35 heavy (non-hydrogen) atoms. The van der Waals surface area contributed by atoms with Crippen LogP contribution in [-0.4, -0.2) is 0 Å². The Bertz CT molecular complexity index is 1430.